The van der Waals surface area contributed by atoms with Crippen molar-refractivity contribution in [2.75, 3.05) is 0 Å². The molecule has 1 aliphatic rings. The van der Waals surface area contributed by atoms with Crippen molar-refractivity contribution in [3.05, 3.63) is 76.5 Å². The smallest absolute Gasteiger partial charge is 0.406 e. The van der Waals surface area contributed by atoms with Crippen molar-refractivity contribution in [3.63, 3.8) is 0 Å². The van der Waals surface area contributed by atoms with Crippen LogP contribution in [0.15, 0.2) is 48.8 Å². The minimum atomic E-state index is -4.95. The van der Waals surface area contributed by atoms with Crippen LogP contribution in [0.2, 0.25) is 5.02 Å². The van der Waals surface area contributed by atoms with Crippen molar-refractivity contribution in [1.29, 1.82) is 5.26 Å². The molecule has 1 aliphatic heterocycles. The van der Waals surface area contributed by atoms with E-state index in [0.717, 1.165) is 18.2 Å². The van der Waals surface area contributed by atoms with Gasteiger partial charge in [-0.15, -0.1) is 13.2 Å². The number of ether oxygens (including phenoxy) is 1. The molecule has 0 atom stereocenters. The third kappa shape index (κ3) is 4.32. The van der Waals surface area contributed by atoms with Gasteiger partial charge in [0.25, 0.3) is 5.91 Å². The summed E-state index contributed by atoms with van der Waals surface area (Å²) in [6.45, 7) is 0.155. The zero-order chi connectivity index (χ0) is 25.6. The Kier molecular flexibility index (Phi) is 5.57. The van der Waals surface area contributed by atoms with Gasteiger partial charge < -0.3 is 10.1 Å². The summed E-state index contributed by atoms with van der Waals surface area (Å²) < 4.78 is 57.9. The highest BCUT2D eigenvalue weighted by atomic mass is 35.5. The molecule has 0 bridgehead atoms. The molecule has 36 heavy (non-hydrogen) atoms. The van der Waals surface area contributed by atoms with Crippen molar-refractivity contribution in [3.8, 4) is 40.2 Å². The largest absolute Gasteiger partial charge is 0.573 e. The van der Waals surface area contributed by atoms with Crippen LogP contribution in [-0.2, 0) is 6.54 Å². The van der Waals surface area contributed by atoms with Crippen LogP contribution < -0.4 is 10.1 Å². The van der Waals surface area contributed by atoms with E-state index in [4.69, 9.17) is 11.6 Å². The maximum atomic E-state index is 14.0. The second-order valence-corrected chi connectivity index (χ2v) is 7.99. The summed E-state index contributed by atoms with van der Waals surface area (Å²) in [5.41, 5.74) is 1.63. The predicted molar refractivity (Wildman–Crippen MR) is 118 cm³/mol. The molecule has 5 rings (SSSR count). The van der Waals surface area contributed by atoms with E-state index in [-0.39, 0.29) is 51.4 Å². The first-order valence-corrected chi connectivity index (χ1v) is 10.5. The van der Waals surface area contributed by atoms with Gasteiger partial charge in [-0.05, 0) is 42.5 Å². The van der Waals surface area contributed by atoms with Gasteiger partial charge in [0.15, 0.2) is 0 Å². The topological polar surface area (TPSA) is 106 Å². The van der Waals surface area contributed by atoms with Crippen molar-refractivity contribution in [2.24, 2.45) is 0 Å². The number of benzene rings is 2. The molecule has 0 spiro atoms. The van der Waals surface area contributed by atoms with E-state index in [2.05, 4.69) is 25.1 Å². The zero-order valence-electron chi connectivity index (χ0n) is 17.8. The molecule has 13 heteroatoms. The van der Waals surface area contributed by atoms with E-state index < -0.39 is 17.9 Å². The molecule has 4 aromatic rings. The van der Waals surface area contributed by atoms with Gasteiger partial charge in [-0.2, -0.15) is 10.4 Å². The Labute approximate surface area is 204 Å². The van der Waals surface area contributed by atoms with E-state index >= 15 is 0 Å². The molecule has 0 saturated heterocycles. The van der Waals surface area contributed by atoms with Crippen LogP contribution in [0.25, 0.3) is 28.3 Å². The number of halogens is 5. The van der Waals surface area contributed by atoms with Crippen LogP contribution in [0, 0.1) is 17.1 Å². The van der Waals surface area contributed by atoms with E-state index in [9.17, 15) is 27.6 Å². The van der Waals surface area contributed by atoms with Crippen LogP contribution in [0.5, 0.6) is 5.75 Å². The number of hydrogen-bond donors (Lipinski definition) is 1. The molecule has 0 aliphatic carbocycles. The van der Waals surface area contributed by atoms with Gasteiger partial charge in [-0.1, -0.05) is 11.6 Å². The highest BCUT2D eigenvalue weighted by molar-refractivity contribution is 6.31. The SMILES string of the molecule is N#Cc1cc(-n2nc(-c3ncnc4c3CNC4=O)cc2-c2cc(Cl)cc(OC(F)(F)F)c2)ccc1F. The van der Waals surface area contributed by atoms with Crippen LogP contribution >= 0.6 is 11.6 Å². The average Bonchev–Trinajstić information content (AvgIpc) is 3.42. The fraction of sp³-hybridized carbons (Fsp3) is 0.0870. The van der Waals surface area contributed by atoms with Crippen molar-refractivity contribution >= 4 is 17.5 Å². The van der Waals surface area contributed by atoms with Gasteiger partial charge in [-0.25, -0.2) is 19.0 Å². The molecule has 8 nitrogen and oxygen atoms in total. The number of nitrogens with zero attached hydrogens (tertiary/aromatic N) is 5. The third-order valence-electron chi connectivity index (χ3n) is 5.25. The van der Waals surface area contributed by atoms with Crippen molar-refractivity contribution < 1.29 is 27.1 Å². The first-order chi connectivity index (χ1) is 17.1. The first-order valence-electron chi connectivity index (χ1n) is 10.1. The van der Waals surface area contributed by atoms with E-state index in [1.807, 2.05) is 0 Å². The summed E-state index contributed by atoms with van der Waals surface area (Å²) in [5, 5.41) is 16.4. The summed E-state index contributed by atoms with van der Waals surface area (Å²) >= 11 is 6.08. The van der Waals surface area contributed by atoms with Crippen LogP contribution in [0.1, 0.15) is 21.6 Å². The molecule has 0 saturated carbocycles. The van der Waals surface area contributed by atoms with Crippen molar-refractivity contribution in [2.45, 2.75) is 12.9 Å². The second kappa shape index (κ2) is 8.62. The maximum absolute atomic E-state index is 14.0. The predicted octanol–water partition coefficient (Wildman–Crippen LogP) is 4.80. The monoisotopic (exact) mass is 514 g/mol. The quantitative estimate of drug-likeness (QED) is 0.392. The van der Waals surface area contributed by atoms with Crippen LogP contribution in [-0.4, -0.2) is 32.0 Å². The Bertz CT molecular complexity index is 1580. The van der Waals surface area contributed by atoms with Gasteiger partial charge in [-0.3, -0.25) is 4.79 Å². The minimum absolute atomic E-state index is 0.0457. The summed E-state index contributed by atoms with van der Waals surface area (Å²) in [5.74, 6) is -1.69. The Morgan fingerprint density at radius 2 is 1.89 bits per heavy atom. The molecule has 180 valence electrons. The van der Waals surface area contributed by atoms with Gasteiger partial charge in [0.2, 0.25) is 0 Å². The second-order valence-electron chi connectivity index (χ2n) is 7.56. The van der Waals surface area contributed by atoms with Gasteiger partial charge in [0, 0.05) is 22.7 Å². The number of carbonyl (C=O) groups excluding carboxylic acids is 1. The number of rotatable bonds is 4. The standard InChI is InChI=1S/C23H11ClF4N6O2/c24-13-3-11(5-15(6-13)36-23(26,27)28)19-7-18(20-16-9-30-22(35)21(16)32-10-31-20)33-34(19)14-1-2-17(25)12(4-14)8-29/h1-7,10H,9H2,(H,30,35). The van der Waals surface area contributed by atoms with Gasteiger partial charge in [0.05, 0.1) is 22.6 Å². The molecular weight excluding hydrogens is 504 g/mol. The number of nitrogens with one attached hydrogen (secondary N) is 1. The molecule has 0 radical (unpaired) electrons. The molecular formula is C23H11ClF4N6O2. The molecule has 2 aromatic heterocycles. The number of fused-ring (bicyclic) bond motifs is 1. The lowest BCUT2D eigenvalue weighted by Crippen LogP contribution is -2.17. The van der Waals surface area contributed by atoms with Crippen molar-refractivity contribution in [1.82, 2.24) is 25.1 Å². The summed E-state index contributed by atoms with van der Waals surface area (Å²) in [4.78, 5) is 20.3. The lowest BCUT2D eigenvalue weighted by molar-refractivity contribution is -0.274. The normalized spacial score (nSPS) is 12.7. The first kappa shape index (κ1) is 23.3. The molecule has 3 heterocycles. The molecule has 0 fully saturated rings. The number of amides is 1. The average molecular weight is 515 g/mol. The lowest BCUT2D eigenvalue weighted by atomic mass is 10.1. The number of carbonyl (C=O) groups is 1. The molecule has 1 amide bonds. The Hall–Kier alpha value is -4.50. The molecule has 1 N–H and O–H groups in total. The number of nitriles is 1. The molecule has 0 unspecified atom stereocenters. The lowest BCUT2D eigenvalue weighted by Gasteiger charge is -2.12. The van der Waals surface area contributed by atoms with Gasteiger partial charge >= 0.3 is 6.36 Å². The zero-order valence-corrected chi connectivity index (χ0v) is 18.5. The Balaban J connectivity index is 1.73. The molecule has 2 aromatic carbocycles. The third-order valence-corrected chi connectivity index (χ3v) is 5.47. The fourth-order valence-electron chi connectivity index (χ4n) is 3.78. The van der Waals surface area contributed by atoms with Gasteiger partial charge in [0.1, 0.15) is 35.4 Å². The number of alkyl halides is 3. The summed E-state index contributed by atoms with van der Waals surface area (Å²) in [6.07, 6.45) is -3.76. The Morgan fingerprint density at radius 1 is 1.11 bits per heavy atom. The van der Waals surface area contributed by atoms with E-state index in [1.165, 1.54) is 35.3 Å². The summed E-state index contributed by atoms with van der Waals surface area (Å²) in [7, 11) is 0. The van der Waals surface area contributed by atoms with Crippen LogP contribution in [0.4, 0.5) is 17.6 Å². The minimum Gasteiger partial charge on any atom is -0.406 e. The maximum Gasteiger partial charge on any atom is 0.573 e. The Morgan fingerprint density at radius 3 is 2.64 bits per heavy atom. The summed E-state index contributed by atoms with van der Waals surface area (Å²) in [6, 6.07) is 10.4. The van der Waals surface area contributed by atoms with E-state index in [0.29, 0.717) is 11.3 Å². The number of hydrogen-bond acceptors (Lipinski definition) is 6. The highest BCUT2D eigenvalue weighted by Gasteiger charge is 2.32. The highest BCUT2D eigenvalue weighted by Crippen LogP contribution is 2.35. The fourth-order valence-corrected chi connectivity index (χ4v) is 4.01. The van der Waals surface area contributed by atoms with E-state index in [1.54, 1.807) is 6.07 Å². The van der Waals surface area contributed by atoms with Crippen LogP contribution in [0.3, 0.4) is 0 Å². The number of aromatic nitrogens is 4.